The molecule has 1 aromatic heterocycles. The highest BCUT2D eigenvalue weighted by atomic mass is 19.1. The summed E-state index contributed by atoms with van der Waals surface area (Å²) in [6, 6.07) is 14.7. The van der Waals surface area contributed by atoms with Crippen molar-refractivity contribution in [2.24, 2.45) is 0 Å². The Balaban J connectivity index is 2.11. The number of fused-ring (bicyclic) bond motifs is 1. The Morgan fingerprint density at radius 1 is 1.20 bits per heavy atom. The van der Waals surface area contributed by atoms with Crippen molar-refractivity contribution in [1.82, 2.24) is 4.57 Å². The van der Waals surface area contributed by atoms with Crippen LogP contribution in [0.1, 0.15) is 24.2 Å². The number of aromatic nitrogens is 1. The Bertz CT molecular complexity index is 934. The number of hydrogen-bond donors (Lipinski definition) is 2. The lowest BCUT2D eigenvalue weighted by molar-refractivity contribution is -0.143. The summed E-state index contributed by atoms with van der Waals surface area (Å²) in [6.07, 6.45) is -0.610. The largest absolute Gasteiger partial charge is 0.479 e. The highest BCUT2D eigenvalue weighted by Crippen LogP contribution is 2.31. The lowest BCUT2D eigenvalue weighted by Gasteiger charge is -2.07. The number of hydrogen-bond acceptors (Lipinski definition) is 2. The van der Waals surface area contributed by atoms with Crippen molar-refractivity contribution in [2.75, 3.05) is 5.32 Å². The molecule has 128 valence electrons. The van der Waals surface area contributed by atoms with Crippen LogP contribution < -0.4 is 5.32 Å². The number of carboxylic acid groups (broad SMARTS) is 1. The molecule has 0 saturated carbocycles. The van der Waals surface area contributed by atoms with Crippen molar-refractivity contribution >= 4 is 28.5 Å². The summed E-state index contributed by atoms with van der Waals surface area (Å²) in [7, 11) is 0. The maximum Gasteiger partial charge on any atom is 0.343 e. The van der Waals surface area contributed by atoms with E-state index in [1.54, 1.807) is 18.2 Å². The van der Waals surface area contributed by atoms with Gasteiger partial charge in [-0.1, -0.05) is 30.3 Å². The van der Waals surface area contributed by atoms with E-state index >= 15 is 0 Å². The molecule has 2 aromatic carbocycles. The fourth-order valence-corrected chi connectivity index (χ4v) is 2.85. The zero-order valence-corrected chi connectivity index (χ0v) is 13.6. The first-order valence-electron chi connectivity index (χ1n) is 7.77. The third-order valence-electron chi connectivity index (χ3n) is 3.92. The predicted molar refractivity (Wildman–Crippen MR) is 93.3 cm³/mol. The topological polar surface area (TPSA) is 71.3 Å². The Morgan fingerprint density at radius 3 is 2.56 bits per heavy atom. The lowest BCUT2D eigenvalue weighted by Crippen LogP contribution is -2.06. The molecule has 0 fully saturated rings. The number of aliphatic carboxylic acids is 1. The summed E-state index contributed by atoms with van der Waals surface area (Å²) < 4.78 is 16.0. The zero-order chi connectivity index (χ0) is 18.0. The van der Waals surface area contributed by atoms with E-state index in [1.165, 1.54) is 13.1 Å². The molecule has 0 saturated heterocycles. The van der Waals surface area contributed by atoms with Crippen molar-refractivity contribution in [1.29, 1.82) is 0 Å². The van der Waals surface area contributed by atoms with Gasteiger partial charge in [-0.05, 0) is 23.8 Å². The number of rotatable bonds is 5. The average molecular weight is 340 g/mol. The van der Waals surface area contributed by atoms with E-state index < -0.39 is 12.1 Å². The second kappa shape index (κ2) is 6.76. The van der Waals surface area contributed by atoms with Gasteiger partial charge in [0.15, 0.2) is 0 Å². The minimum atomic E-state index is -2.13. The van der Waals surface area contributed by atoms with Crippen LogP contribution in [0.4, 0.5) is 10.1 Å². The average Bonchev–Trinajstić information content (AvgIpc) is 2.92. The molecule has 0 bridgehead atoms. The normalized spacial score (nSPS) is 12.1. The Morgan fingerprint density at radius 2 is 1.92 bits per heavy atom. The van der Waals surface area contributed by atoms with Crippen molar-refractivity contribution < 1.29 is 19.1 Å². The third kappa shape index (κ3) is 3.52. The van der Waals surface area contributed by atoms with E-state index in [4.69, 9.17) is 5.11 Å². The van der Waals surface area contributed by atoms with Gasteiger partial charge >= 0.3 is 5.97 Å². The number of amides is 1. The number of alkyl halides is 1. The second-order valence-corrected chi connectivity index (χ2v) is 5.81. The maximum atomic E-state index is 14.2. The first kappa shape index (κ1) is 16.7. The third-order valence-corrected chi connectivity index (χ3v) is 3.92. The highest BCUT2D eigenvalue weighted by molar-refractivity contribution is 5.95. The van der Waals surface area contributed by atoms with E-state index in [-0.39, 0.29) is 11.5 Å². The van der Waals surface area contributed by atoms with Gasteiger partial charge in [0.05, 0.1) is 0 Å². The number of anilines is 1. The van der Waals surface area contributed by atoms with Gasteiger partial charge in [0.25, 0.3) is 0 Å². The van der Waals surface area contributed by atoms with Gasteiger partial charge in [-0.2, -0.15) is 0 Å². The fourth-order valence-electron chi connectivity index (χ4n) is 2.85. The molecule has 1 unspecified atom stereocenters. The molecule has 0 aliphatic heterocycles. The van der Waals surface area contributed by atoms with Gasteiger partial charge in [-0.15, -0.1) is 0 Å². The molecule has 0 radical (unpaired) electrons. The van der Waals surface area contributed by atoms with Gasteiger partial charge in [0, 0.05) is 41.8 Å². The standard InChI is InChI=1S/C19H17FN2O3/c1-12(23)21-14-7-8-17-15(9-14)16(18(20)19(24)25)11-22(17)10-13-5-3-2-4-6-13/h2-9,11,18H,10H2,1H3,(H,21,23)(H,24,25). The van der Waals surface area contributed by atoms with E-state index in [1.807, 2.05) is 34.9 Å². The quantitative estimate of drug-likeness (QED) is 0.743. The molecule has 1 amide bonds. The van der Waals surface area contributed by atoms with E-state index in [0.717, 1.165) is 5.56 Å². The SMILES string of the molecule is CC(=O)Nc1ccc2c(c1)c(C(F)C(=O)O)cn2Cc1ccccc1. The predicted octanol–water partition coefficient (Wildman–Crippen LogP) is 3.74. The van der Waals surface area contributed by atoms with Crippen molar-refractivity contribution in [3.05, 3.63) is 65.9 Å². The molecular formula is C19H17FN2O3. The van der Waals surface area contributed by atoms with Crippen LogP contribution >= 0.6 is 0 Å². The minimum absolute atomic E-state index is 0.0747. The van der Waals surface area contributed by atoms with Crippen LogP contribution in [-0.4, -0.2) is 21.6 Å². The number of nitrogens with zero attached hydrogens (tertiary/aromatic N) is 1. The van der Waals surface area contributed by atoms with Crippen molar-refractivity contribution in [3.63, 3.8) is 0 Å². The number of nitrogens with one attached hydrogen (secondary N) is 1. The van der Waals surface area contributed by atoms with Gasteiger partial charge < -0.3 is 15.0 Å². The van der Waals surface area contributed by atoms with E-state index in [2.05, 4.69) is 5.32 Å². The van der Waals surface area contributed by atoms with E-state index in [0.29, 0.717) is 23.1 Å². The highest BCUT2D eigenvalue weighted by Gasteiger charge is 2.24. The number of carboxylic acids is 1. The van der Waals surface area contributed by atoms with E-state index in [9.17, 15) is 14.0 Å². The summed E-state index contributed by atoms with van der Waals surface area (Å²) in [5.41, 5.74) is 2.29. The summed E-state index contributed by atoms with van der Waals surface area (Å²) in [5.74, 6) is -1.79. The first-order chi connectivity index (χ1) is 12.0. The number of carbonyl (C=O) groups is 2. The molecular weight excluding hydrogens is 323 g/mol. The molecule has 1 heterocycles. The van der Waals surface area contributed by atoms with Crippen LogP contribution in [0.3, 0.4) is 0 Å². The summed E-state index contributed by atoms with van der Waals surface area (Å²) in [4.78, 5) is 22.4. The maximum absolute atomic E-state index is 14.2. The number of carbonyl (C=O) groups excluding carboxylic acids is 1. The first-order valence-corrected chi connectivity index (χ1v) is 7.77. The molecule has 2 N–H and O–H groups in total. The lowest BCUT2D eigenvalue weighted by atomic mass is 10.1. The van der Waals surface area contributed by atoms with Crippen LogP contribution in [0.2, 0.25) is 0 Å². The number of benzene rings is 2. The molecule has 0 aliphatic rings. The van der Waals surface area contributed by atoms with Crippen LogP contribution in [0, 0.1) is 0 Å². The zero-order valence-electron chi connectivity index (χ0n) is 13.6. The van der Waals surface area contributed by atoms with Crippen LogP contribution in [0.25, 0.3) is 10.9 Å². The molecule has 0 aliphatic carbocycles. The summed E-state index contributed by atoms with van der Waals surface area (Å²) in [5, 5.41) is 12.2. The Labute approximate surface area is 143 Å². The van der Waals surface area contributed by atoms with Crippen molar-refractivity contribution in [3.8, 4) is 0 Å². The summed E-state index contributed by atoms with van der Waals surface area (Å²) in [6.45, 7) is 1.87. The molecule has 3 aromatic rings. The minimum Gasteiger partial charge on any atom is -0.479 e. The summed E-state index contributed by atoms with van der Waals surface area (Å²) >= 11 is 0. The van der Waals surface area contributed by atoms with Crippen LogP contribution in [-0.2, 0) is 16.1 Å². The molecule has 6 heteroatoms. The molecule has 3 rings (SSSR count). The van der Waals surface area contributed by atoms with Crippen molar-refractivity contribution in [2.45, 2.75) is 19.6 Å². The molecule has 0 spiro atoms. The fraction of sp³-hybridized carbons (Fsp3) is 0.158. The molecule has 5 nitrogen and oxygen atoms in total. The number of halogens is 1. The molecule has 25 heavy (non-hydrogen) atoms. The van der Waals surface area contributed by atoms with Crippen LogP contribution in [0.5, 0.6) is 0 Å². The Kier molecular flexibility index (Phi) is 4.52. The van der Waals surface area contributed by atoms with Gasteiger partial charge in [-0.25, -0.2) is 9.18 Å². The molecule has 1 atom stereocenters. The second-order valence-electron chi connectivity index (χ2n) is 5.81. The smallest absolute Gasteiger partial charge is 0.343 e. The van der Waals surface area contributed by atoms with Gasteiger partial charge in [0.2, 0.25) is 12.1 Å². The monoisotopic (exact) mass is 340 g/mol. The van der Waals surface area contributed by atoms with Gasteiger partial charge in [0.1, 0.15) is 0 Å². The van der Waals surface area contributed by atoms with Crippen LogP contribution in [0.15, 0.2) is 54.7 Å². The van der Waals surface area contributed by atoms with Gasteiger partial charge in [-0.3, -0.25) is 4.79 Å². The Hall–Kier alpha value is -3.15.